The fraction of sp³-hybridized carbons (Fsp3) is 0.0909. The van der Waals surface area contributed by atoms with Crippen molar-refractivity contribution in [1.82, 2.24) is 9.97 Å². The van der Waals surface area contributed by atoms with Crippen molar-refractivity contribution >= 4 is 23.1 Å². The summed E-state index contributed by atoms with van der Waals surface area (Å²) in [5.74, 6) is 1.38. The van der Waals surface area contributed by atoms with Gasteiger partial charge in [-0.1, -0.05) is 17.7 Å². The number of benzene rings is 1. The molecule has 1 heterocycles. The predicted octanol–water partition coefficient (Wildman–Crippen LogP) is 2.88. The number of methoxy groups -OCH3 is 1. The largest absolute Gasteiger partial charge is 0.497 e. The van der Waals surface area contributed by atoms with Crippen LogP contribution in [0.25, 0.3) is 0 Å². The van der Waals surface area contributed by atoms with Crippen LogP contribution in [0.2, 0.25) is 5.15 Å². The third-order valence-electron chi connectivity index (χ3n) is 1.95. The zero-order chi connectivity index (χ0) is 11.4. The molecule has 2 aromatic rings. The molecule has 0 radical (unpaired) electrons. The van der Waals surface area contributed by atoms with E-state index in [0.29, 0.717) is 11.0 Å². The van der Waals surface area contributed by atoms with Gasteiger partial charge in [-0.3, -0.25) is 4.98 Å². The lowest BCUT2D eigenvalue weighted by atomic mass is 10.3. The SMILES string of the molecule is COc1cccc(Nc2cncc(Cl)n2)c1. The van der Waals surface area contributed by atoms with Crippen molar-refractivity contribution in [2.45, 2.75) is 0 Å². The van der Waals surface area contributed by atoms with Gasteiger partial charge in [-0.2, -0.15) is 0 Å². The molecular weight excluding hydrogens is 226 g/mol. The van der Waals surface area contributed by atoms with Crippen LogP contribution < -0.4 is 10.1 Å². The van der Waals surface area contributed by atoms with Crippen molar-refractivity contribution in [3.8, 4) is 5.75 Å². The highest BCUT2D eigenvalue weighted by atomic mass is 35.5. The maximum Gasteiger partial charge on any atom is 0.150 e. The number of ether oxygens (including phenoxy) is 1. The lowest BCUT2D eigenvalue weighted by Gasteiger charge is -2.06. The summed E-state index contributed by atoms with van der Waals surface area (Å²) in [5.41, 5.74) is 0.871. The summed E-state index contributed by atoms with van der Waals surface area (Å²) in [6.07, 6.45) is 3.09. The van der Waals surface area contributed by atoms with Crippen molar-refractivity contribution in [2.75, 3.05) is 12.4 Å². The molecule has 0 aliphatic heterocycles. The molecule has 0 aliphatic rings. The second-order valence-electron chi connectivity index (χ2n) is 3.08. The first-order valence-corrected chi connectivity index (χ1v) is 5.04. The lowest BCUT2D eigenvalue weighted by molar-refractivity contribution is 0.415. The Balaban J connectivity index is 2.20. The second kappa shape index (κ2) is 4.81. The topological polar surface area (TPSA) is 47.0 Å². The minimum Gasteiger partial charge on any atom is -0.497 e. The van der Waals surface area contributed by atoms with Crippen molar-refractivity contribution in [3.05, 3.63) is 41.8 Å². The first kappa shape index (κ1) is 10.7. The van der Waals surface area contributed by atoms with Crippen LogP contribution in [0.5, 0.6) is 5.75 Å². The molecule has 16 heavy (non-hydrogen) atoms. The number of nitrogens with zero attached hydrogens (tertiary/aromatic N) is 2. The minimum atomic E-state index is 0.355. The van der Waals surface area contributed by atoms with Gasteiger partial charge >= 0.3 is 0 Å². The average molecular weight is 236 g/mol. The molecule has 0 saturated heterocycles. The van der Waals surface area contributed by atoms with Gasteiger partial charge in [-0.15, -0.1) is 0 Å². The molecule has 1 aromatic carbocycles. The number of halogens is 1. The molecule has 0 amide bonds. The number of hydrogen-bond donors (Lipinski definition) is 1. The summed E-state index contributed by atoms with van der Waals surface area (Å²) >= 11 is 5.73. The highest BCUT2D eigenvalue weighted by molar-refractivity contribution is 6.29. The fourth-order valence-electron chi connectivity index (χ4n) is 1.25. The van der Waals surface area contributed by atoms with E-state index in [-0.39, 0.29) is 0 Å². The summed E-state index contributed by atoms with van der Waals surface area (Å²) < 4.78 is 5.11. The Hall–Kier alpha value is -1.81. The summed E-state index contributed by atoms with van der Waals surface area (Å²) in [5, 5.41) is 3.44. The first-order chi connectivity index (χ1) is 7.78. The van der Waals surface area contributed by atoms with Gasteiger partial charge in [-0.25, -0.2) is 4.98 Å². The van der Waals surface area contributed by atoms with Crippen LogP contribution in [-0.4, -0.2) is 17.1 Å². The van der Waals surface area contributed by atoms with Gasteiger partial charge < -0.3 is 10.1 Å². The number of hydrogen-bond acceptors (Lipinski definition) is 4. The summed E-state index contributed by atoms with van der Waals surface area (Å²) in [4.78, 5) is 8.01. The smallest absolute Gasteiger partial charge is 0.150 e. The Morgan fingerprint density at radius 2 is 2.19 bits per heavy atom. The van der Waals surface area contributed by atoms with Gasteiger partial charge in [0, 0.05) is 11.8 Å². The van der Waals surface area contributed by atoms with Crippen LogP contribution in [0.3, 0.4) is 0 Å². The van der Waals surface area contributed by atoms with E-state index in [4.69, 9.17) is 16.3 Å². The normalized spacial score (nSPS) is 9.88. The molecule has 4 nitrogen and oxygen atoms in total. The Kier molecular flexibility index (Phi) is 3.22. The number of anilines is 2. The number of rotatable bonds is 3. The highest BCUT2D eigenvalue weighted by Crippen LogP contribution is 2.20. The molecule has 0 unspecified atom stereocenters. The first-order valence-electron chi connectivity index (χ1n) is 4.66. The molecule has 1 N–H and O–H groups in total. The van der Waals surface area contributed by atoms with E-state index in [1.807, 2.05) is 24.3 Å². The fourth-order valence-corrected chi connectivity index (χ4v) is 1.40. The van der Waals surface area contributed by atoms with Gasteiger partial charge in [0.2, 0.25) is 0 Å². The predicted molar refractivity (Wildman–Crippen MR) is 63.3 cm³/mol. The van der Waals surface area contributed by atoms with Crippen molar-refractivity contribution < 1.29 is 4.74 Å². The molecule has 0 atom stereocenters. The van der Waals surface area contributed by atoms with Gasteiger partial charge in [-0.05, 0) is 12.1 Å². The average Bonchev–Trinajstić information content (AvgIpc) is 2.29. The van der Waals surface area contributed by atoms with Crippen LogP contribution in [-0.2, 0) is 0 Å². The van der Waals surface area contributed by atoms with E-state index in [1.165, 1.54) is 6.20 Å². The summed E-state index contributed by atoms with van der Waals surface area (Å²) in [7, 11) is 1.62. The Morgan fingerprint density at radius 3 is 2.94 bits per heavy atom. The Bertz CT molecular complexity index is 490. The minimum absolute atomic E-state index is 0.355. The molecular formula is C11H10ClN3O. The number of nitrogens with one attached hydrogen (secondary N) is 1. The van der Waals surface area contributed by atoms with Crippen LogP contribution in [0.4, 0.5) is 11.5 Å². The zero-order valence-corrected chi connectivity index (χ0v) is 9.40. The third kappa shape index (κ3) is 2.61. The quantitative estimate of drug-likeness (QED) is 0.889. The second-order valence-corrected chi connectivity index (χ2v) is 3.47. The molecule has 2 rings (SSSR count). The lowest BCUT2D eigenvalue weighted by Crippen LogP contribution is -1.94. The monoisotopic (exact) mass is 235 g/mol. The van der Waals surface area contributed by atoms with E-state index in [0.717, 1.165) is 11.4 Å². The highest BCUT2D eigenvalue weighted by Gasteiger charge is 1.99. The van der Waals surface area contributed by atoms with Crippen LogP contribution in [0.1, 0.15) is 0 Å². The van der Waals surface area contributed by atoms with Crippen LogP contribution in [0, 0.1) is 0 Å². The van der Waals surface area contributed by atoms with Crippen LogP contribution >= 0.6 is 11.6 Å². The van der Waals surface area contributed by atoms with Crippen molar-refractivity contribution in [2.24, 2.45) is 0 Å². The molecule has 0 fully saturated rings. The van der Waals surface area contributed by atoms with Gasteiger partial charge in [0.05, 0.1) is 19.5 Å². The molecule has 0 saturated carbocycles. The standard InChI is InChI=1S/C11H10ClN3O/c1-16-9-4-2-3-8(5-9)14-11-7-13-6-10(12)15-11/h2-7H,1H3,(H,14,15). The van der Waals surface area contributed by atoms with E-state index in [9.17, 15) is 0 Å². The van der Waals surface area contributed by atoms with E-state index in [2.05, 4.69) is 15.3 Å². The molecule has 82 valence electrons. The van der Waals surface area contributed by atoms with Crippen molar-refractivity contribution in [1.29, 1.82) is 0 Å². The van der Waals surface area contributed by atoms with E-state index in [1.54, 1.807) is 13.3 Å². The van der Waals surface area contributed by atoms with E-state index < -0.39 is 0 Å². The molecule has 0 spiro atoms. The summed E-state index contributed by atoms with van der Waals surface area (Å²) in [6, 6.07) is 7.53. The van der Waals surface area contributed by atoms with Gasteiger partial charge in [0.15, 0.2) is 5.82 Å². The van der Waals surface area contributed by atoms with Gasteiger partial charge in [0.1, 0.15) is 10.9 Å². The van der Waals surface area contributed by atoms with E-state index >= 15 is 0 Å². The Morgan fingerprint density at radius 1 is 1.31 bits per heavy atom. The van der Waals surface area contributed by atoms with Crippen molar-refractivity contribution in [3.63, 3.8) is 0 Å². The molecule has 1 aromatic heterocycles. The third-order valence-corrected chi connectivity index (χ3v) is 2.13. The maximum absolute atomic E-state index is 5.73. The number of aromatic nitrogens is 2. The molecule has 0 aliphatic carbocycles. The Labute approximate surface area is 98.3 Å². The van der Waals surface area contributed by atoms with Gasteiger partial charge in [0.25, 0.3) is 0 Å². The van der Waals surface area contributed by atoms with Crippen LogP contribution in [0.15, 0.2) is 36.7 Å². The zero-order valence-electron chi connectivity index (χ0n) is 8.64. The molecule has 5 heteroatoms. The molecule has 0 bridgehead atoms. The maximum atomic E-state index is 5.73. The summed E-state index contributed by atoms with van der Waals surface area (Å²) in [6.45, 7) is 0.